The van der Waals surface area contributed by atoms with Gasteiger partial charge in [-0.15, -0.1) is 0 Å². The third-order valence-electron chi connectivity index (χ3n) is 3.06. The summed E-state index contributed by atoms with van der Waals surface area (Å²) < 4.78 is 2.05. The van der Waals surface area contributed by atoms with Gasteiger partial charge in [-0.2, -0.15) is 0 Å². The van der Waals surface area contributed by atoms with Crippen LogP contribution in [-0.4, -0.2) is 20.1 Å². The van der Waals surface area contributed by atoms with Crippen molar-refractivity contribution < 1.29 is 0 Å². The van der Waals surface area contributed by atoms with Crippen LogP contribution in [0.1, 0.15) is 13.8 Å². The Hall–Kier alpha value is -2.14. The standard InChI is InChI=1S/C14H17N5/c1-14(2,16)7-19-8-17-11-12(19)9-5-3-4-6-10(9)18-13(11)15/h3-6,8H,7,16H2,1-2H3,(H2,15,18). The molecule has 0 amide bonds. The third kappa shape index (κ3) is 2.02. The van der Waals surface area contributed by atoms with E-state index in [4.69, 9.17) is 11.5 Å². The highest BCUT2D eigenvalue weighted by atomic mass is 15.1. The lowest BCUT2D eigenvalue weighted by molar-refractivity contribution is 0.440. The summed E-state index contributed by atoms with van der Waals surface area (Å²) in [6.45, 7) is 4.66. The molecule has 3 rings (SSSR count). The van der Waals surface area contributed by atoms with E-state index in [-0.39, 0.29) is 5.54 Å². The number of nitrogens with zero attached hydrogens (tertiary/aromatic N) is 3. The molecule has 2 heterocycles. The molecule has 1 aromatic carbocycles. The zero-order chi connectivity index (χ0) is 13.6. The summed E-state index contributed by atoms with van der Waals surface area (Å²) >= 11 is 0. The Labute approximate surface area is 111 Å². The van der Waals surface area contributed by atoms with Crippen LogP contribution in [0.2, 0.25) is 0 Å². The van der Waals surface area contributed by atoms with Crippen LogP contribution in [0.4, 0.5) is 5.82 Å². The predicted molar refractivity (Wildman–Crippen MR) is 77.7 cm³/mol. The Morgan fingerprint density at radius 1 is 1.26 bits per heavy atom. The average Bonchev–Trinajstić information content (AvgIpc) is 2.72. The van der Waals surface area contributed by atoms with Crippen molar-refractivity contribution in [2.45, 2.75) is 25.9 Å². The smallest absolute Gasteiger partial charge is 0.152 e. The molecule has 3 aromatic rings. The Kier molecular flexibility index (Phi) is 2.46. The van der Waals surface area contributed by atoms with Crippen molar-refractivity contribution in [2.24, 2.45) is 5.73 Å². The average molecular weight is 255 g/mol. The van der Waals surface area contributed by atoms with Crippen LogP contribution in [0.25, 0.3) is 21.9 Å². The molecule has 2 aromatic heterocycles. The molecule has 0 bridgehead atoms. The highest BCUT2D eigenvalue weighted by Gasteiger charge is 2.17. The number of nitrogens with two attached hydrogens (primary N) is 2. The number of rotatable bonds is 2. The second-order valence-corrected chi connectivity index (χ2v) is 5.57. The zero-order valence-corrected chi connectivity index (χ0v) is 11.1. The molecule has 0 aliphatic heterocycles. The molecular weight excluding hydrogens is 238 g/mol. The molecule has 5 nitrogen and oxygen atoms in total. The number of hydrogen-bond acceptors (Lipinski definition) is 4. The Morgan fingerprint density at radius 2 is 2.00 bits per heavy atom. The molecule has 4 N–H and O–H groups in total. The number of pyridine rings is 1. The van der Waals surface area contributed by atoms with Crippen molar-refractivity contribution >= 4 is 27.8 Å². The minimum atomic E-state index is -0.313. The highest BCUT2D eigenvalue weighted by molar-refractivity contribution is 6.06. The molecule has 0 saturated carbocycles. The fraction of sp³-hybridized carbons (Fsp3) is 0.286. The Bertz CT molecular complexity index is 751. The number of anilines is 1. The number of para-hydroxylation sites is 1. The van der Waals surface area contributed by atoms with E-state index < -0.39 is 0 Å². The van der Waals surface area contributed by atoms with Crippen LogP contribution in [0.15, 0.2) is 30.6 Å². The van der Waals surface area contributed by atoms with Crippen molar-refractivity contribution in [3.63, 3.8) is 0 Å². The van der Waals surface area contributed by atoms with Gasteiger partial charge in [0.25, 0.3) is 0 Å². The largest absolute Gasteiger partial charge is 0.382 e. The molecule has 0 fully saturated rings. The maximum Gasteiger partial charge on any atom is 0.152 e. The second kappa shape index (κ2) is 3.93. The Balaban J connectivity index is 2.36. The molecule has 98 valence electrons. The minimum Gasteiger partial charge on any atom is -0.382 e. The van der Waals surface area contributed by atoms with Crippen molar-refractivity contribution in [1.82, 2.24) is 14.5 Å². The first kappa shape index (κ1) is 11.9. The van der Waals surface area contributed by atoms with E-state index in [1.54, 1.807) is 6.33 Å². The van der Waals surface area contributed by atoms with Gasteiger partial charge in [-0.05, 0) is 19.9 Å². The molecule has 0 saturated heterocycles. The van der Waals surface area contributed by atoms with Gasteiger partial charge in [0.1, 0.15) is 5.52 Å². The minimum absolute atomic E-state index is 0.313. The fourth-order valence-electron chi connectivity index (χ4n) is 2.37. The lowest BCUT2D eigenvalue weighted by Crippen LogP contribution is -2.36. The molecular formula is C14H17N5. The number of fused-ring (bicyclic) bond motifs is 3. The number of nitrogen functional groups attached to an aromatic ring is 1. The number of aromatic nitrogens is 3. The maximum absolute atomic E-state index is 6.10. The van der Waals surface area contributed by atoms with Crippen molar-refractivity contribution in [3.05, 3.63) is 30.6 Å². The van der Waals surface area contributed by atoms with Gasteiger partial charge in [0.15, 0.2) is 5.82 Å². The lowest BCUT2D eigenvalue weighted by Gasteiger charge is -2.19. The van der Waals surface area contributed by atoms with Crippen LogP contribution in [-0.2, 0) is 6.54 Å². The molecule has 0 aliphatic rings. The summed E-state index contributed by atoms with van der Waals surface area (Å²) in [5.74, 6) is 0.460. The van der Waals surface area contributed by atoms with Crippen LogP contribution in [0.5, 0.6) is 0 Å². The van der Waals surface area contributed by atoms with Crippen LogP contribution in [0, 0.1) is 0 Å². The van der Waals surface area contributed by atoms with Crippen LogP contribution in [0.3, 0.4) is 0 Å². The first-order chi connectivity index (χ1) is 8.96. The highest BCUT2D eigenvalue weighted by Crippen LogP contribution is 2.27. The lowest BCUT2D eigenvalue weighted by atomic mass is 10.1. The van der Waals surface area contributed by atoms with E-state index in [9.17, 15) is 0 Å². The van der Waals surface area contributed by atoms with Gasteiger partial charge in [0.05, 0.1) is 17.4 Å². The van der Waals surface area contributed by atoms with Crippen molar-refractivity contribution in [1.29, 1.82) is 0 Å². The van der Waals surface area contributed by atoms with Gasteiger partial charge >= 0.3 is 0 Å². The quantitative estimate of drug-likeness (QED) is 0.732. The summed E-state index contributed by atoms with van der Waals surface area (Å²) in [6.07, 6.45) is 1.78. The summed E-state index contributed by atoms with van der Waals surface area (Å²) in [7, 11) is 0. The van der Waals surface area contributed by atoms with Gasteiger partial charge in [-0.3, -0.25) is 0 Å². The SMILES string of the molecule is CC(C)(N)Cn1cnc2c(N)nc3ccccc3c21. The number of benzene rings is 1. The van der Waals surface area contributed by atoms with E-state index in [2.05, 4.69) is 14.5 Å². The summed E-state index contributed by atoms with van der Waals surface area (Å²) in [5.41, 5.74) is 14.4. The predicted octanol–water partition coefficient (Wildman–Crippen LogP) is 1.90. The number of hydrogen-bond donors (Lipinski definition) is 2. The summed E-state index contributed by atoms with van der Waals surface area (Å²) in [4.78, 5) is 8.76. The van der Waals surface area contributed by atoms with Gasteiger partial charge in [0, 0.05) is 17.5 Å². The first-order valence-electron chi connectivity index (χ1n) is 6.24. The maximum atomic E-state index is 6.10. The van der Waals surface area contributed by atoms with Crippen LogP contribution < -0.4 is 11.5 Å². The number of imidazole rings is 1. The monoisotopic (exact) mass is 255 g/mol. The van der Waals surface area contributed by atoms with E-state index in [0.29, 0.717) is 12.4 Å². The molecule has 5 heteroatoms. The molecule has 0 aliphatic carbocycles. The second-order valence-electron chi connectivity index (χ2n) is 5.57. The zero-order valence-electron chi connectivity index (χ0n) is 11.1. The van der Waals surface area contributed by atoms with Crippen LogP contribution >= 0.6 is 0 Å². The van der Waals surface area contributed by atoms with Crippen molar-refractivity contribution in [3.8, 4) is 0 Å². The summed E-state index contributed by atoms with van der Waals surface area (Å²) in [6, 6.07) is 7.93. The summed E-state index contributed by atoms with van der Waals surface area (Å²) in [5, 5.41) is 1.05. The van der Waals surface area contributed by atoms with Crippen molar-refractivity contribution in [2.75, 3.05) is 5.73 Å². The molecule has 0 spiro atoms. The molecule has 0 atom stereocenters. The van der Waals surface area contributed by atoms with E-state index in [0.717, 1.165) is 21.9 Å². The van der Waals surface area contributed by atoms with E-state index in [1.807, 2.05) is 38.1 Å². The molecule has 19 heavy (non-hydrogen) atoms. The topological polar surface area (TPSA) is 82.8 Å². The van der Waals surface area contributed by atoms with Gasteiger partial charge in [-0.25, -0.2) is 9.97 Å². The van der Waals surface area contributed by atoms with E-state index in [1.165, 1.54) is 0 Å². The van der Waals surface area contributed by atoms with Gasteiger partial charge in [-0.1, -0.05) is 18.2 Å². The van der Waals surface area contributed by atoms with E-state index >= 15 is 0 Å². The van der Waals surface area contributed by atoms with Gasteiger partial charge < -0.3 is 16.0 Å². The first-order valence-corrected chi connectivity index (χ1v) is 6.24. The van der Waals surface area contributed by atoms with Gasteiger partial charge in [0.2, 0.25) is 0 Å². The fourth-order valence-corrected chi connectivity index (χ4v) is 2.37. The Morgan fingerprint density at radius 3 is 2.74 bits per heavy atom. The molecule has 0 unspecified atom stereocenters. The normalized spacial score (nSPS) is 12.4. The molecule has 0 radical (unpaired) electrons. The third-order valence-corrected chi connectivity index (χ3v) is 3.06.